The molecule has 0 saturated heterocycles. The van der Waals surface area contributed by atoms with Crippen LogP contribution in [-0.2, 0) is 0 Å². The summed E-state index contributed by atoms with van der Waals surface area (Å²) in [6.07, 6.45) is 5.09. The lowest BCUT2D eigenvalue weighted by molar-refractivity contribution is 0.531. The van der Waals surface area contributed by atoms with Crippen LogP contribution in [0.15, 0.2) is 48.9 Å². The number of nitrogens with zero attached hydrogens (tertiary/aromatic N) is 3. The Morgan fingerprint density at radius 3 is 2.23 bits per heavy atom. The number of benzene rings is 1. The van der Waals surface area contributed by atoms with Crippen molar-refractivity contribution in [1.29, 1.82) is 0 Å². The molecule has 0 radical (unpaired) electrons. The Labute approximate surface area is 127 Å². The highest BCUT2D eigenvalue weighted by molar-refractivity contribution is 5.80. The second-order valence-corrected chi connectivity index (χ2v) is 5.30. The van der Waals surface area contributed by atoms with Gasteiger partial charge in [-0.05, 0) is 43.7 Å². The van der Waals surface area contributed by atoms with E-state index in [9.17, 15) is 8.78 Å². The van der Waals surface area contributed by atoms with Crippen LogP contribution in [0.3, 0.4) is 0 Å². The maximum atomic E-state index is 14.1. The van der Waals surface area contributed by atoms with E-state index in [1.807, 2.05) is 13.8 Å². The topological polar surface area (TPSA) is 30.7 Å². The summed E-state index contributed by atoms with van der Waals surface area (Å²) >= 11 is 0. The lowest BCUT2D eigenvalue weighted by Gasteiger charge is -2.05. The molecule has 0 spiro atoms. The maximum Gasteiger partial charge on any atom is 0.135 e. The summed E-state index contributed by atoms with van der Waals surface area (Å²) in [5.41, 5.74) is 1.70. The van der Waals surface area contributed by atoms with Gasteiger partial charge in [-0.2, -0.15) is 5.10 Å². The zero-order chi connectivity index (χ0) is 15.7. The predicted octanol–water partition coefficient (Wildman–Crippen LogP) is 4.47. The minimum Gasteiger partial charge on any atom is -0.269 e. The lowest BCUT2D eigenvalue weighted by Crippen LogP contribution is -2.01. The van der Waals surface area contributed by atoms with Gasteiger partial charge in [0.15, 0.2) is 0 Å². The highest BCUT2D eigenvalue weighted by atomic mass is 19.1. The molecule has 0 aliphatic carbocycles. The van der Waals surface area contributed by atoms with Crippen LogP contribution in [0.4, 0.5) is 8.78 Å². The lowest BCUT2D eigenvalue weighted by atomic mass is 10.0. The average molecular weight is 299 g/mol. The van der Waals surface area contributed by atoms with E-state index in [0.29, 0.717) is 11.3 Å². The summed E-state index contributed by atoms with van der Waals surface area (Å²) in [5, 5.41) is 4.39. The number of aromatic nitrogens is 3. The molecule has 5 heteroatoms. The Bertz CT molecular complexity index is 775. The summed E-state index contributed by atoms with van der Waals surface area (Å²) in [5.74, 6) is -1.24. The van der Waals surface area contributed by atoms with Crippen molar-refractivity contribution < 1.29 is 8.78 Å². The third-order valence-electron chi connectivity index (χ3n) is 3.45. The van der Waals surface area contributed by atoms with Crippen LogP contribution in [0.1, 0.15) is 19.9 Å². The van der Waals surface area contributed by atoms with Gasteiger partial charge in [0.05, 0.1) is 5.56 Å². The van der Waals surface area contributed by atoms with Gasteiger partial charge in [-0.25, -0.2) is 8.78 Å². The monoisotopic (exact) mass is 299 g/mol. The molecule has 3 nitrogen and oxygen atoms in total. The predicted molar refractivity (Wildman–Crippen MR) is 81.2 cm³/mol. The largest absolute Gasteiger partial charge is 0.269 e. The van der Waals surface area contributed by atoms with Crippen LogP contribution >= 0.6 is 0 Å². The van der Waals surface area contributed by atoms with Crippen molar-refractivity contribution in [2.75, 3.05) is 0 Å². The highest BCUT2D eigenvalue weighted by Gasteiger charge is 2.20. The van der Waals surface area contributed by atoms with Gasteiger partial charge in [0.1, 0.15) is 17.3 Å². The first-order valence-corrected chi connectivity index (χ1v) is 7.02. The number of rotatable bonds is 3. The molecule has 0 bridgehead atoms. The minimum absolute atomic E-state index is 0.0872. The Balaban J connectivity index is 2.27. The van der Waals surface area contributed by atoms with Crippen molar-refractivity contribution in [2.45, 2.75) is 19.9 Å². The molecule has 0 aliphatic heterocycles. The second kappa shape index (κ2) is 5.67. The molecule has 0 atom stereocenters. The van der Waals surface area contributed by atoms with Gasteiger partial charge in [0.25, 0.3) is 0 Å². The van der Waals surface area contributed by atoms with E-state index in [4.69, 9.17) is 0 Å². The molecule has 112 valence electrons. The summed E-state index contributed by atoms with van der Waals surface area (Å²) in [6, 6.07) is 7.50. The van der Waals surface area contributed by atoms with E-state index in [-0.39, 0.29) is 11.6 Å². The second-order valence-electron chi connectivity index (χ2n) is 5.30. The van der Waals surface area contributed by atoms with Gasteiger partial charge < -0.3 is 0 Å². The van der Waals surface area contributed by atoms with Crippen LogP contribution in [0.25, 0.3) is 22.4 Å². The normalized spacial score (nSPS) is 11.1. The molecular weight excluding hydrogens is 284 g/mol. The third-order valence-corrected chi connectivity index (χ3v) is 3.45. The molecule has 1 aromatic carbocycles. The molecule has 0 fully saturated rings. The van der Waals surface area contributed by atoms with Gasteiger partial charge in [-0.3, -0.25) is 9.67 Å². The van der Waals surface area contributed by atoms with Crippen molar-refractivity contribution in [3.8, 4) is 22.4 Å². The van der Waals surface area contributed by atoms with Crippen LogP contribution in [0.5, 0.6) is 0 Å². The molecule has 22 heavy (non-hydrogen) atoms. The molecule has 0 saturated carbocycles. The molecule has 2 aromatic heterocycles. The summed E-state index contributed by atoms with van der Waals surface area (Å²) in [6.45, 7) is 3.93. The van der Waals surface area contributed by atoms with Crippen LogP contribution in [0, 0.1) is 11.6 Å². The zero-order valence-corrected chi connectivity index (χ0v) is 12.3. The fourth-order valence-corrected chi connectivity index (χ4v) is 2.31. The summed E-state index contributed by atoms with van der Waals surface area (Å²) in [7, 11) is 0. The molecule has 0 N–H and O–H groups in total. The smallest absolute Gasteiger partial charge is 0.135 e. The SMILES string of the molecule is CC(C)n1cc(-c2ccncc2)c(-c2c(F)cccc2F)n1. The highest BCUT2D eigenvalue weighted by Crippen LogP contribution is 2.34. The Hall–Kier alpha value is -2.56. The van der Waals surface area contributed by atoms with Crippen molar-refractivity contribution in [1.82, 2.24) is 14.8 Å². The number of pyridine rings is 1. The molecule has 0 aliphatic rings. The quantitative estimate of drug-likeness (QED) is 0.714. The first-order chi connectivity index (χ1) is 10.6. The van der Waals surface area contributed by atoms with E-state index < -0.39 is 11.6 Å². The molecule has 3 aromatic rings. The molecule has 3 rings (SSSR count). The third kappa shape index (κ3) is 2.50. The fourth-order valence-electron chi connectivity index (χ4n) is 2.31. The Morgan fingerprint density at radius 1 is 1.00 bits per heavy atom. The van der Waals surface area contributed by atoms with Crippen molar-refractivity contribution >= 4 is 0 Å². The van der Waals surface area contributed by atoms with Crippen LogP contribution in [-0.4, -0.2) is 14.8 Å². The molecule has 2 heterocycles. The van der Waals surface area contributed by atoms with E-state index >= 15 is 0 Å². The van der Waals surface area contributed by atoms with Gasteiger partial charge in [0, 0.05) is 30.2 Å². The number of hydrogen-bond donors (Lipinski definition) is 0. The molecule has 0 unspecified atom stereocenters. The van der Waals surface area contributed by atoms with Gasteiger partial charge in [-0.15, -0.1) is 0 Å². The Kier molecular flexibility index (Phi) is 3.71. The van der Waals surface area contributed by atoms with Crippen molar-refractivity contribution in [3.63, 3.8) is 0 Å². The van der Waals surface area contributed by atoms with Crippen LogP contribution in [0.2, 0.25) is 0 Å². The standard InChI is InChI=1S/C17H15F2N3/c1-11(2)22-10-13(12-6-8-20-9-7-12)17(21-22)16-14(18)4-3-5-15(16)19/h3-11H,1-2H3. The van der Waals surface area contributed by atoms with E-state index in [1.54, 1.807) is 35.4 Å². The average Bonchev–Trinajstić information content (AvgIpc) is 2.93. The maximum absolute atomic E-state index is 14.1. The fraction of sp³-hybridized carbons (Fsp3) is 0.176. The molecule has 0 amide bonds. The van der Waals surface area contributed by atoms with Gasteiger partial charge >= 0.3 is 0 Å². The minimum atomic E-state index is -0.621. The van der Waals surface area contributed by atoms with E-state index in [1.165, 1.54) is 18.2 Å². The first-order valence-electron chi connectivity index (χ1n) is 7.02. The zero-order valence-electron chi connectivity index (χ0n) is 12.3. The van der Waals surface area contributed by atoms with Crippen molar-refractivity contribution in [2.24, 2.45) is 0 Å². The first kappa shape index (κ1) is 14.4. The van der Waals surface area contributed by atoms with Gasteiger partial charge in [0.2, 0.25) is 0 Å². The van der Waals surface area contributed by atoms with E-state index in [2.05, 4.69) is 10.1 Å². The molecular formula is C17H15F2N3. The summed E-state index contributed by atoms with van der Waals surface area (Å²) in [4.78, 5) is 3.97. The number of halogens is 2. The van der Waals surface area contributed by atoms with E-state index in [0.717, 1.165) is 5.56 Å². The summed E-state index contributed by atoms with van der Waals surface area (Å²) < 4.78 is 30.0. The Morgan fingerprint density at radius 2 is 1.64 bits per heavy atom. The van der Waals surface area contributed by atoms with Gasteiger partial charge in [-0.1, -0.05) is 6.07 Å². The van der Waals surface area contributed by atoms with Crippen LogP contribution < -0.4 is 0 Å². The number of hydrogen-bond acceptors (Lipinski definition) is 2. The van der Waals surface area contributed by atoms with Crippen molar-refractivity contribution in [3.05, 3.63) is 60.6 Å².